The van der Waals surface area contributed by atoms with Crippen LogP contribution < -0.4 is 20.6 Å². The normalized spacial score (nSPS) is 11.0. The summed E-state index contributed by atoms with van der Waals surface area (Å²) in [7, 11) is 3.10. The SMILES string of the molecule is COc1cccc(-c2nc(=O)c3c(-c4cccc(OC)c4)nc(=O)c2=3)c1. The zero-order valence-electron chi connectivity index (χ0n) is 14.1. The fourth-order valence-corrected chi connectivity index (χ4v) is 3.04. The molecule has 0 radical (unpaired) electrons. The van der Waals surface area contributed by atoms with E-state index in [1.165, 1.54) is 0 Å². The summed E-state index contributed by atoms with van der Waals surface area (Å²) in [5.74, 6) is 1.23. The number of hydrogen-bond donors (Lipinski definition) is 0. The van der Waals surface area contributed by atoms with Crippen molar-refractivity contribution in [1.82, 2.24) is 9.97 Å². The third-order valence-electron chi connectivity index (χ3n) is 4.26. The monoisotopic (exact) mass is 346 g/mol. The lowest BCUT2D eigenvalue weighted by Gasteiger charge is -2.01. The van der Waals surface area contributed by atoms with Crippen molar-refractivity contribution in [2.45, 2.75) is 0 Å². The lowest BCUT2D eigenvalue weighted by molar-refractivity contribution is 0.415. The van der Waals surface area contributed by atoms with Crippen LogP contribution in [0.5, 0.6) is 11.5 Å². The third-order valence-corrected chi connectivity index (χ3v) is 4.26. The second-order valence-electron chi connectivity index (χ2n) is 5.75. The van der Waals surface area contributed by atoms with Crippen LogP contribution in [0, 0.1) is 10.4 Å². The zero-order valence-corrected chi connectivity index (χ0v) is 14.1. The van der Waals surface area contributed by atoms with Gasteiger partial charge in [0.15, 0.2) is 0 Å². The highest BCUT2D eigenvalue weighted by Gasteiger charge is 2.20. The summed E-state index contributed by atoms with van der Waals surface area (Å²) < 4.78 is 10.4. The molecule has 2 aliphatic heterocycles. The molecule has 0 saturated heterocycles. The highest BCUT2D eigenvalue weighted by atomic mass is 16.5. The van der Waals surface area contributed by atoms with Gasteiger partial charge in [-0.25, -0.2) is 9.97 Å². The van der Waals surface area contributed by atoms with E-state index in [0.717, 1.165) is 0 Å². The van der Waals surface area contributed by atoms with Gasteiger partial charge < -0.3 is 9.47 Å². The highest BCUT2D eigenvalue weighted by molar-refractivity contribution is 5.68. The Morgan fingerprint density at radius 3 is 1.50 bits per heavy atom. The molecule has 0 aliphatic carbocycles. The molecule has 6 heteroatoms. The van der Waals surface area contributed by atoms with Gasteiger partial charge in [0.25, 0.3) is 11.1 Å². The quantitative estimate of drug-likeness (QED) is 0.563. The van der Waals surface area contributed by atoms with E-state index < -0.39 is 11.1 Å². The van der Waals surface area contributed by atoms with Crippen LogP contribution in [0.4, 0.5) is 0 Å². The number of benzene rings is 2. The summed E-state index contributed by atoms with van der Waals surface area (Å²) in [5.41, 5.74) is 0.998. The zero-order chi connectivity index (χ0) is 18.3. The Bertz CT molecular complexity index is 1160. The van der Waals surface area contributed by atoms with Gasteiger partial charge in [-0.15, -0.1) is 0 Å². The molecule has 0 fully saturated rings. The van der Waals surface area contributed by atoms with E-state index in [1.54, 1.807) is 62.8 Å². The molecule has 6 nitrogen and oxygen atoms in total. The molecular weight excluding hydrogens is 332 g/mol. The molecule has 128 valence electrons. The first-order valence-electron chi connectivity index (χ1n) is 7.92. The number of rotatable bonds is 4. The van der Waals surface area contributed by atoms with Crippen LogP contribution in [0.25, 0.3) is 22.5 Å². The molecular formula is C20H14N2O4. The van der Waals surface area contributed by atoms with E-state index in [2.05, 4.69) is 9.97 Å². The minimum absolute atomic E-state index is 0.237. The molecule has 0 saturated carbocycles. The van der Waals surface area contributed by atoms with Crippen LogP contribution in [0.3, 0.4) is 0 Å². The van der Waals surface area contributed by atoms with Crippen molar-refractivity contribution in [3.8, 4) is 34.0 Å². The van der Waals surface area contributed by atoms with Gasteiger partial charge in [-0.3, -0.25) is 9.59 Å². The summed E-state index contributed by atoms with van der Waals surface area (Å²) in [6, 6.07) is 14.2. The molecule has 0 bridgehead atoms. The van der Waals surface area contributed by atoms with Gasteiger partial charge in [0.05, 0.1) is 36.0 Å². The van der Waals surface area contributed by atoms with Gasteiger partial charge in [-0.05, 0) is 24.3 Å². The predicted octanol–water partition coefficient (Wildman–Crippen LogP) is 2.15. The number of ether oxygens (including phenoxy) is 2. The van der Waals surface area contributed by atoms with Crippen molar-refractivity contribution >= 4 is 0 Å². The maximum atomic E-state index is 12.5. The molecule has 0 amide bonds. The fourth-order valence-electron chi connectivity index (χ4n) is 3.04. The predicted molar refractivity (Wildman–Crippen MR) is 96.2 cm³/mol. The maximum Gasteiger partial charge on any atom is 0.280 e. The summed E-state index contributed by atoms with van der Waals surface area (Å²) in [4.78, 5) is 33.3. The number of hydrogen-bond acceptors (Lipinski definition) is 6. The van der Waals surface area contributed by atoms with E-state index in [0.29, 0.717) is 34.0 Å². The molecule has 0 aromatic heterocycles. The second-order valence-corrected chi connectivity index (χ2v) is 5.75. The first-order valence-corrected chi connectivity index (χ1v) is 7.92. The van der Waals surface area contributed by atoms with Gasteiger partial charge in [0.2, 0.25) is 0 Å². The average Bonchev–Trinajstić information content (AvgIpc) is 3.20. The first kappa shape index (κ1) is 16.0. The first-order chi connectivity index (χ1) is 12.6. The van der Waals surface area contributed by atoms with Crippen molar-refractivity contribution < 1.29 is 9.47 Å². The number of aromatic nitrogens is 2. The largest absolute Gasteiger partial charge is 0.497 e. The standard InChI is InChI=1S/C20H14N2O4/c1-25-13-7-3-5-11(9-13)17-15-16(20(24)21-17)18(22-19(15)23)12-6-4-8-14(10-12)26-2/h3-10H,1-2H3. The molecule has 0 N–H and O–H groups in total. The summed E-state index contributed by atoms with van der Waals surface area (Å²) in [5, 5.41) is 0.474. The van der Waals surface area contributed by atoms with Crippen LogP contribution in [0.2, 0.25) is 0 Å². The number of nitrogens with zero attached hydrogens (tertiary/aromatic N) is 2. The molecule has 0 spiro atoms. The van der Waals surface area contributed by atoms with Gasteiger partial charge in [0, 0.05) is 11.1 Å². The molecule has 2 aromatic carbocycles. The Kier molecular flexibility index (Phi) is 3.73. The minimum atomic E-state index is -0.467. The van der Waals surface area contributed by atoms with Gasteiger partial charge in [0.1, 0.15) is 11.5 Å². The fraction of sp³-hybridized carbons (Fsp3) is 0.100. The summed E-state index contributed by atoms with van der Waals surface area (Å²) in [6.07, 6.45) is 0. The van der Waals surface area contributed by atoms with Gasteiger partial charge in [-0.2, -0.15) is 0 Å². The van der Waals surface area contributed by atoms with Crippen molar-refractivity contribution in [2.75, 3.05) is 14.2 Å². The van der Waals surface area contributed by atoms with Gasteiger partial charge >= 0.3 is 0 Å². The Morgan fingerprint density at radius 2 is 1.12 bits per heavy atom. The summed E-state index contributed by atoms with van der Waals surface area (Å²) >= 11 is 0. The Labute approximate surface area is 148 Å². The van der Waals surface area contributed by atoms with Crippen molar-refractivity contribution in [3.63, 3.8) is 0 Å². The topological polar surface area (TPSA) is 78.4 Å². The Hall–Kier alpha value is -3.54. The summed E-state index contributed by atoms with van der Waals surface area (Å²) in [6.45, 7) is 0. The van der Waals surface area contributed by atoms with E-state index in [9.17, 15) is 9.59 Å². The Morgan fingerprint density at radius 1 is 0.692 bits per heavy atom. The minimum Gasteiger partial charge on any atom is -0.497 e. The highest BCUT2D eigenvalue weighted by Crippen LogP contribution is 2.26. The molecule has 26 heavy (non-hydrogen) atoms. The lowest BCUT2D eigenvalue weighted by atomic mass is 10.1. The van der Waals surface area contributed by atoms with Gasteiger partial charge in [-0.1, -0.05) is 24.3 Å². The van der Waals surface area contributed by atoms with E-state index in [4.69, 9.17) is 9.47 Å². The van der Waals surface area contributed by atoms with Crippen molar-refractivity contribution in [2.24, 2.45) is 0 Å². The van der Waals surface area contributed by atoms with E-state index in [1.807, 2.05) is 0 Å². The van der Waals surface area contributed by atoms with Crippen LogP contribution in [0.15, 0.2) is 58.1 Å². The van der Waals surface area contributed by atoms with E-state index >= 15 is 0 Å². The lowest BCUT2D eigenvalue weighted by Crippen LogP contribution is -2.04. The van der Waals surface area contributed by atoms with Crippen LogP contribution >= 0.6 is 0 Å². The van der Waals surface area contributed by atoms with Crippen LogP contribution in [-0.2, 0) is 0 Å². The van der Waals surface area contributed by atoms with Crippen molar-refractivity contribution in [1.29, 1.82) is 0 Å². The molecule has 4 rings (SSSR count). The maximum absolute atomic E-state index is 12.5. The Balaban J connectivity index is 2.02. The van der Waals surface area contributed by atoms with Crippen molar-refractivity contribution in [3.05, 3.63) is 79.7 Å². The van der Waals surface area contributed by atoms with Crippen LogP contribution in [0.1, 0.15) is 0 Å². The second kappa shape index (κ2) is 6.07. The molecule has 0 atom stereocenters. The number of methoxy groups -OCH3 is 2. The molecule has 2 aromatic rings. The average molecular weight is 346 g/mol. The molecule has 0 unspecified atom stereocenters. The van der Waals surface area contributed by atoms with Crippen LogP contribution in [-0.4, -0.2) is 24.2 Å². The smallest absolute Gasteiger partial charge is 0.280 e. The van der Waals surface area contributed by atoms with E-state index in [-0.39, 0.29) is 10.4 Å². The molecule has 2 aliphatic rings. The third kappa shape index (κ3) is 2.43. The molecule has 2 heterocycles.